The third-order valence-electron chi connectivity index (χ3n) is 6.13. The molecule has 4 nitrogen and oxygen atoms in total. The summed E-state index contributed by atoms with van der Waals surface area (Å²) in [5, 5.41) is 12.6. The predicted molar refractivity (Wildman–Crippen MR) is 103 cm³/mol. The maximum absolute atomic E-state index is 11.2. The number of nitrogens with zero attached hydrogens (tertiary/aromatic N) is 3. The van der Waals surface area contributed by atoms with Gasteiger partial charge in [-0.05, 0) is 50.1 Å². The largest absolute Gasteiger partial charge is 0.386 e. The first-order chi connectivity index (χ1) is 12.6. The van der Waals surface area contributed by atoms with Gasteiger partial charge in [-0.25, -0.2) is 0 Å². The van der Waals surface area contributed by atoms with Gasteiger partial charge in [-0.3, -0.25) is 4.98 Å². The van der Waals surface area contributed by atoms with Crippen LogP contribution in [0.4, 0.5) is 0 Å². The van der Waals surface area contributed by atoms with E-state index in [1.54, 1.807) is 12.4 Å². The van der Waals surface area contributed by atoms with Gasteiger partial charge in [0.15, 0.2) is 0 Å². The van der Waals surface area contributed by atoms with E-state index >= 15 is 0 Å². The van der Waals surface area contributed by atoms with Gasteiger partial charge in [0.05, 0.1) is 11.6 Å². The van der Waals surface area contributed by atoms with Crippen LogP contribution in [-0.4, -0.2) is 33.1 Å². The molecule has 0 radical (unpaired) electrons. The topological polar surface area (TPSA) is 41.3 Å². The van der Waals surface area contributed by atoms with Crippen molar-refractivity contribution in [2.45, 2.75) is 44.9 Å². The average Bonchev–Trinajstić information content (AvgIpc) is 2.97. The first-order valence-electron chi connectivity index (χ1n) is 9.55. The van der Waals surface area contributed by atoms with E-state index in [9.17, 15) is 5.11 Å². The third kappa shape index (κ3) is 2.32. The molecule has 0 saturated carbocycles. The van der Waals surface area contributed by atoms with Gasteiger partial charge < -0.3 is 14.6 Å². The number of likely N-dealkylation sites (N-methyl/N-ethyl adjacent to an activating group) is 1. The highest BCUT2D eigenvalue weighted by atomic mass is 16.3. The Morgan fingerprint density at radius 3 is 2.96 bits per heavy atom. The Balaban J connectivity index is 1.73. The zero-order valence-electron chi connectivity index (χ0n) is 15.4. The number of fused-ring (bicyclic) bond motifs is 3. The molecule has 0 spiro atoms. The smallest absolute Gasteiger partial charge is 0.101 e. The molecule has 3 aromatic rings. The summed E-state index contributed by atoms with van der Waals surface area (Å²) in [7, 11) is 2.20. The second kappa shape index (κ2) is 5.93. The Morgan fingerprint density at radius 1 is 1.27 bits per heavy atom. The molecule has 0 aliphatic carbocycles. The van der Waals surface area contributed by atoms with Gasteiger partial charge in [0.2, 0.25) is 0 Å². The molecule has 5 rings (SSSR count). The zero-order valence-corrected chi connectivity index (χ0v) is 15.4. The number of aliphatic hydroxyl groups excluding tert-OH is 1. The zero-order chi connectivity index (χ0) is 17.8. The summed E-state index contributed by atoms with van der Waals surface area (Å²) in [6.45, 7) is 4.27. The number of rotatable bonds is 2. The molecule has 0 saturated heterocycles. The molecule has 0 fully saturated rings. The molecule has 1 aromatic carbocycles. The van der Waals surface area contributed by atoms with Crippen LogP contribution in [0.3, 0.4) is 0 Å². The first kappa shape index (κ1) is 16.0. The molecule has 134 valence electrons. The average molecular weight is 347 g/mol. The van der Waals surface area contributed by atoms with Crippen LogP contribution in [-0.2, 0) is 19.4 Å². The minimum atomic E-state index is -0.516. The van der Waals surface area contributed by atoms with Gasteiger partial charge in [0, 0.05) is 48.5 Å². The highest BCUT2D eigenvalue weighted by Crippen LogP contribution is 2.44. The summed E-state index contributed by atoms with van der Waals surface area (Å²) in [5.74, 6) is 0. The van der Waals surface area contributed by atoms with Gasteiger partial charge in [-0.1, -0.05) is 17.7 Å². The van der Waals surface area contributed by atoms with E-state index in [4.69, 9.17) is 0 Å². The van der Waals surface area contributed by atoms with Crippen molar-refractivity contribution >= 4 is 10.9 Å². The van der Waals surface area contributed by atoms with E-state index in [0.717, 1.165) is 37.9 Å². The maximum atomic E-state index is 11.2. The molecule has 2 unspecified atom stereocenters. The summed E-state index contributed by atoms with van der Waals surface area (Å²) in [4.78, 5) is 6.62. The predicted octanol–water partition coefficient (Wildman–Crippen LogP) is 3.55. The second-order valence-corrected chi connectivity index (χ2v) is 7.94. The van der Waals surface area contributed by atoms with Crippen molar-refractivity contribution in [1.82, 2.24) is 14.5 Å². The van der Waals surface area contributed by atoms with E-state index in [-0.39, 0.29) is 6.04 Å². The van der Waals surface area contributed by atoms with Crippen LogP contribution < -0.4 is 0 Å². The normalized spacial score (nSPS) is 21.0. The van der Waals surface area contributed by atoms with Crippen LogP contribution in [0.25, 0.3) is 10.9 Å². The number of hydrogen-bond donors (Lipinski definition) is 1. The SMILES string of the molecule is Cc1cc2c3c(c1)c1c(n3C(C(O)c3cccnc3)CC2)CCN(C)C1. The van der Waals surface area contributed by atoms with Gasteiger partial charge in [0.25, 0.3) is 0 Å². The van der Waals surface area contributed by atoms with Crippen molar-refractivity contribution in [1.29, 1.82) is 0 Å². The van der Waals surface area contributed by atoms with E-state index in [2.05, 4.69) is 40.6 Å². The van der Waals surface area contributed by atoms with E-state index in [1.807, 2.05) is 12.1 Å². The number of hydrogen-bond acceptors (Lipinski definition) is 3. The minimum absolute atomic E-state index is 0.0871. The molecule has 2 aliphatic rings. The van der Waals surface area contributed by atoms with E-state index in [1.165, 1.54) is 33.3 Å². The molecule has 4 heterocycles. The van der Waals surface area contributed by atoms with Crippen molar-refractivity contribution in [3.05, 3.63) is 64.6 Å². The molecular weight excluding hydrogens is 322 g/mol. The lowest BCUT2D eigenvalue weighted by Gasteiger charge is -2.33. The lowest BCUT2D eigenvalue weighted by atomic mass is 9.92. The highest BCUT2D eigenvalue weighted by molar-refractivity contribution is 5.90. The fraction of sp³-hybridized carbons (Fsp3) is 0.409. The monoisotopic (exact) mass is 347 g/mol. The van der Waals surface area contributed by atoms with Gasteiger partial charge in [0.1, 0.15) is 6.10 Å². The van der Waals surface area contributed by atoms with Crippen LogP contribution >= 0.6 is 0 Å². The fourth-order valence-corrected chi connectivity index (χ4v) is 4.96. The summed E-state index contributed by atoms with van der Waals surface area (Å²) < 4.78 is 2.48. The van der Waals surface area contributed by atoms with Crippen molar-refractivity contribution in [2.75, 3.05) is 13.6 Å². The van der Waals surface area contributed by atoms with Crippen LogP contribution in [0.5, 0.6) is 0 Å². The van der Waals surface area contributed by atoms with Crippen molar-refractivity contribution < 1.29 is 5.11 Å². The quantitative estimate of drug-likeness (QED) is 0.771. The first-order valence-corrected chi connectivity index (χ1v) is 9.55. The van der Waals surface area contributed by atoms with Crippen LogP contribution in [0, 0.1) is 6.92 Å². The Kier molecular flexibility index (Phi) is 3.66. The molecule has 4 heteroatoms. The molecule has 2 aromatic heterocycles. The molecular formula is C22H25N3O. The summed E-state index contributed by atoms with van der Waals surface area (Å²) in [6.07, 6.45) is 6.10. The summed E-state index contributed by atoms with van der Waals surface area (Å²) in [6, 6.07) is 8.66. The number of aromatic nitrogens is 2. The Labute approximate surface area is 154 Å². The minimum Gasteiger partial charge on any atom is -0.386 e. The fourth-order valence-electron chi connectivity index (χ4n) is 4.96. The van der Waals surface area contributed by atoms with Gasteiger partial charge in [-0.15, -0.1) is 0 Å². The molecule has 0 bridgehead atoms. The molecule has 26 heavy (non-hydrogen) atoms. The van der Waals surface area contributed by atoms with Crippen LogP contribution in [0.15, 0.2) is 36.7 Å². The Hall–Kier alpha value is -2.17. The molecule has 1 N–H and O–H groups in total. The van der Waals surface area contributed by atoms with Crippen molar-refractivity contribution in [3.8, 4) is 0 Å². The third-order valence-corrected chi connectivity index (χ3v) is 6.13. The molecule has 0 amide bonds. The summed E-state index contributed by atoms with van der Waals surface area (Å²) in [5.41, 5.74) is 7.94. The standard InChI is InChI=1S/C22H25N3O/c1-14-10-15-5-6-20(22(26)16-4-3-8-23-12-16)25-19-7-9-24(2)13-18(19)17(11-14)21(15)25/h3-4,8,10-12,20,22,26H,5-7,9,13H2,1-2H3. The van der Waals surface area contributed by atoms with E-state index in [0.29, 0.717) is 0 Å². The van der Waals surface area contributed by atoms with Crippen molar-refractivity contribution in [3.63, 3.8) is 0 Å². The second-order valence-electron chi connectivity index (χ2n) is 7.94. The Morgan fingerprint density at radius 2 is 2.15 bits per heavy atom. The number of aryl methyl sites for hydroxylation is 2. The van der Waals surface area contributed by atoms with E-state index < -0.39 is 6.10 Å². The van der Waals surface area contributed by atoms with Crippen molar-refractivity contribution in [2.24, 2.45) is 0 Å². The lowest BCUT2D eigenvalue weighted by molar-refractivity contribution is 0.105. The number of benzene rings is 1. The van der Waals surface area contributed by atoms with Gasteiger partial charge >= 0.3 is 0 Å². The lowest BCUT2D eigenvalue weighted by Crippen LogP contribution is -2.30. The van der Waals surface area contributed by atoms with Crippen LogP contribution in [0.2, 0.25) is 0 Å². The van der Waals surface area contributed by atoms with Gasteiger partial charge in [-0.2, -0.15) is 0 Å². The maximum Gasteiger partial charge on any atom is 0.101 e. The molecule has 2 aliphatic heterocycles. The summed E-state index contributed by atoms with van der Waals surface area (Å²) >= 11 is 0. The number of aliphatic hydroxyl groups is 1. The highest BCUT2D eigenvalue weighted by Gasteiger charge is 2.34. The number of pyridine rings is 1. The Bertz CT molecular complexity index is 976. The molecule has 2 atom stereocenters. The van der Waals surface area contributed by atoms with Crippen LogP contribution in [0.1, 0.15) is 46.5 Å².